The van der Waals surface area contributed by atoms with Gasteiger partial charge in [0.15, 0.2) is 0 Å². The standard InChI is InChI=1S/C65H66BN/c1-61(2,3)46-28-30-52-50(39-46)59-60(63(52,7)8)66-54-36-45(42-24-16-12-17-25-42)35-53-57(54)51(40-64(9)32-20-21-33-65(53,64)10)49-34-44(41-22-14-11-15-23-41)37-56(58(49)66)67(59)55-31-29-47(62(4,5)6)38-48(55)43-26-18-13-19-27-43/h11-19,22-31,34-39,51H,20-21,32-33,40H2,1-10H3. The highest BCUT2D eigenvalue weighted by atomic mass is 15.2. The Morgan fingerprint density at radius 1 is 0.522 bits per heavy atom. The first kappa shape index (κ1) is 42.5. The third kappa shape index (κ3) is 6.20. The predicted octanol–water partition coefficient (Wildman–Crippen LogP) is 16.0. The third-order valence-electron chi connectivity index (χ3n) is 17.9. The molecule has 334 valence electrons. The molecule has 0 aromatic heterocycles. The second-order valence-electron chi connectivity index (χ2n) is 24.1. The smallest absolute Gasteiger partial charge is 0.243 e. The summed E-state index contributed by atoms with van der Waals surface area (Å²) in [6.07, 6.45) is 6.29. The first-order valence-electron chi connectivity index (χ1n) is 25.4. The van der Waals surface area contributed by atoms with Crippen LogP contribution in [-0.2, 0) is 21.7 Å². The van der Waals surface area contributed by atoms with Crippen LogP contribution in [0.4, 0.5) is 11.4 Å². The van der Waals surface area contributed by atoms with Crippen molar-refractivity contribution in [3.8, 4) is 33.4 Å². The van der Waals surface area contributed by atoms with E-state index in [4.69, 9.17) is 0 Å². The fourth-order valence-electron chi connectivity index (χ4n) is 13.9. The van der Waals surface area contributed by atoms with Crippen LogP contribution >= 0.6 is 0 Å². The van der Waals surface area contributed by atoms with Crippen LogP contribution in [0.25, 0.3) is 39.1 Å². The fourth-order valence-corrected chi connectivity index (χ4v) is 13.9. The highest BCUT2D eigenvalue weighted by molar-refractivity contribution is 6.95. The molecule has 67 heavy (non-hydrogen) atoms. The summed E-state index contributed by atoms with van der Waals surface area (Å²) in [7, 11) is 0. The third-order valence-corrected chi connectivity index (χ3v) is 17.9. The summed E-state index contributed by atoms with van der Waals surface area (Å²) in [6.45, 7) is 24.7. The minimum Gasteiger partial charge on any atom is -0.311 e. The molecule has 2 heteroatoms. The van der Waals surface area contributed by atoms with Gasteiger partial charge in [-0.05, 0) is 132 Å². The van der Waals surface area contributed by atoms with Gasteiger partial charge < -0.3 is 4.90 Å². The zero-order valence-corrected chi connectivity index (χ0v) is 41.6. The average Bonchev–Trinajstić information content (AvgIpc) is 3.55. The van der Waals surface area contributed by atoms with Crippen LogP contribution in [0.3, 0.4) is 0 Å². The van der Waals surface area contributed by atoms with Gasteiger partial charge in [0.1, 0.15) is 0 Å². The molecule has 1 saturated carbocycles. The lowest BCUT2D eigenvalue weighted by atomic mass is 9.27. The van der Waals surface area contributed by atoms with Crippen molar-refractivity contribution in [2.45, 2.75) is 129 Å². The summed E-state index contributed by atoms with van der Waals surface area (Å²) in [5, 5.41) is 0. The molecule has 0 spiro atoms. The SMILES string of the molecule is CC(C)(C)c1ccc2c(c1)C1=C(B3c4cc(-c5ccccc5)cc5c4C(CC4(C)CCCCC54C)c4cc(-c5ccccc5)cc(c43)N1c1ccc(C(C)(C)C)cc1-c1ccccc1)C2(C)C. The van der Waals surface area contributed by atoms with Gasteiger partial charge in [0.25, 0.3) is 0 Å². The van der Waals surface area contributed by atoms with E-state index in [1.165, 1.54) is 110 Å². The lowest BCUT2D eigenvalue weighted by Crippen LogP contribution is -2.61. The Kier molecular flexibility index (Phi) is 9.24. The molecule has 1 fully saturated rings. The molecule has 0 saturated heterocycles. The number of hydrogen-bond acceptors (Lipinski definition) is 1. The number of benzene rings is 7. The summed E-state index contributed by atoms with van der Waals surface area (Å²) in [4.78, 5) is 2.79. The van der Waals surface area contributed by atoms with Gasteiger partial charge in [-0.2, -0.15) is 0 Å². The van der Waals surface area contributed by atoms with Crippen molar-refractivity contribution in [2.24, 2.45) is 5.41 Å². The van der Waals surface area contributed by atoms with E-state index in [1.807, 2.05) is 0 Å². The number of hydrogen-bond donors (Lipinski definition) is 0. The van der Waals surface area contributed by atoms with Gasteiger partial charge in [-0.1, -0.05) is 220 Å². The van der Waals surface area contributed by atoms with E-state index >= 15 is 0 Å². The minimum absolute atomic E-state index is 0.0136. The monoisotopic (exact) mass is 872 g/mol. The molecule has 2 aliphatic heterocycles. The molecule has 0 amide bonds. The molecule has 12 rings (SSSR count). The van der Waals surface area contributed by atoms with E-state index in [1.54, 1.807) is 27.6 Å². The van der Waals surface area contributed by atoms with Crippen LogP contribution in [-0.4, -0.2) is 6.71 Å². The van der Waals surface area contributed by atoms with E-state index in [0.717, 1.165) is 0 Å². The molecule has 1 nitrogen and oxygen atoms in total. The Labute approximate surface area is 401 Å². The normalized spacial score (nSPS) is 22.1. The molecule has 3 aliphatic carbocycles. The van der Waals surface area contributed by atoms with Crippen LogP contribution in [0.1, 0.15) is 146 Å². The van der Waals surface area contributed by atoms with E-state index in [0.29, 0.717) is 5.92 Å². The van der Waals surface area contributed by atoms with E-state index in [-0.39, 0.29) is 33.8 Å². The molecule has 0 bridgehead atoms. The average molecular weight is 872 g/mol. The number of rotatable bonds is 4. The first-order chi connectivity index (χ1) is 32.0. The number of fused-ring (bicyclic) bond motifs is 7. The number of allylic oxidation sites excluding steroid dienone is 1. The van der Waals surface area contributed by atoms with Gasteiger partial charge in [-0.25, -0.2) is 0 Å². The Morgan fingerprint density at radius 3 is 1.72 bits per heavy atom. The summed E-state index contributed by atoms with van der Waals surface area (Å²) in [5.41, 5.74) is 26.7. The van der Waals surface area contributed by atoms with E-state index < -0.39 is 0 Å². The van der Waals surface area contributed by atoms with Gasteiger partial charge >= 0.3 is 0 Å². The van der Waals surface area contributed by atoms with E-state index in [2.05, 4.69) is 226 Å². The predicted molar refractivity (Wildman–Crippen MR) is 287 cm³/mol. The van der Waals surface area contributed by atoms with Crippen molar-refractivity contribution >= 4 is 34.7 Å². The molecule has 0 radical (unpaired) electrons. The Morgan fingerprint density at radius 2 is 1.09 bits per heavy atom. The molecule has 0 N–H and O–H groups in total. The Bertz CT molecular complexity index is 3180. The second kappa shape index (κ2) is 14.6. The lowest BCUT2D eigenvalue weighted by molar-refractivity contribution is 0.0604. The minimum atomic E-state index is -0.254. The van der Waals surface area contributed by atoms with Gasteiger partial charge in [-0.15, -0.1) is 0 Å². The number of nitrogens with zero attached hydrogens (tertiary/aromatic N) is 1. The summed E-state index contributed by atoms with van der Waals surface area (Å²) >= 11 is 0. The van der Waals surface area contributed by atoms with Gasteiger partial charge in [0, 0.05) is 33.8 Å². The molecule has 7 aromatic rings. The summed E-state index contributed by atoms with van der Waals surface area (Å²) in [6, 6.07) is 59.3. The molecule has 2 heterocycles. The zero-order chi connectivity index (χ0) is 46.4. The quantitative estimate of drug-likeness (QED) is 0.159. The van der Waals surface area contributed by atoms with Crippen molar-refractivity contribution in [2.75, 3.05) is 4.90 Å². The van der Waals surface area contributed by atoms with Crippen LogP contribution in [0.2, 0.25) is 0 Å². The maximum absolute atomic E-state index is 2.79. The lowest BCUT2D eigenvalue weighted by Gasteiger charge is -2.59. The fraction of sp³-hybridized carbons (Fsp3) is 0.323. The highest BCUT2D eigenvalue weighted by Crippen LogP contribution is 2.64. The van der Waals surface area contributed by atoms with Crippen molar-refractivity contribution in [1.29, 1.82) is 0 Å². The molecule has 5 aliphatic rings. The van der Waals surface area contributed by atoms with Gasteiger partial charge in [0.05, 0.1) is 5.69 Å². The largest absolute Gasteiger partial charge is 0.311 e. The highest BCUT2D eigenvalue weighted by Gasteiger charge is 2.59. The topological polar surface area (TPSA) is 3.24 Å². The van der Waals surface area contributed by atoms with Crippen molar-refractivity contribution in [3.05, 3.63) is 196 Å². The summed E-state index contributed by atoms with van der Waals surface area (Å²) < 4.78 is 0. The van der Waals surface area contributed by atoms with Crippen LogP contribution in [0.15, 0.2) is 157 Å². The zero-order valence-electron chi connectivity index (χ0n) is 41.6. The first-order valence-corrected chi connectivity index (χ1v) is 25.4. The maximum atomic E-state index is 2.79. The molecular weight excluding hydrogens is 806 g/mol. The van der Waals surface area contributed by atoms with Crippen molar-refractivity contribution < 1.29 is 0 Å². The summed E-state index contributed by atoms with van der Waals surface area (Å²) in [5.74, 6) is 0.292. The van der Waals surface area contributed by atoms with Crippen molar-refractivity contribution in [1.82, 2.24) is 0 Å². The number of anilines is 2. The Hall–Kier alpha value is -5.86. The van der Waals surface area contributed by atoms with Gasteiger partial charge in [0.2, 0.25) is 6.71 Å². The molecule has 3 atom stereocenters. The second-order valence-corrected chi connectivity index (χ2v) is 24.1. The van der Waals surface area contributed by atoms with Crippen LogP contribution in [0, 0.1) is 5.41 Å². The van der Waals surface area contributed by atoms with Crippen molar-refractivity contribution in [3.63, 3.8) is 0 Å². The van der Waals surface area contributed by atoms with Gasteiger partial charge in [-0.3, -0.25) is 0 Å². The molecule has 3 unspecified atom stereocenters. The van der Waals surface area contributed by atoms with E-state index in [9.17, 15) is 0 Å². The van der Waals surface area contributed by atoms with Crippen LogP contribution in [0.5, 0.6) is 0 Å². The van der Waals surface area contributed by atoms with Crippen LogP contribution < -0.4 is 15.8 Å². The molecular formula is C65H66BN. The Balaban J connectivity index is 1.27. The maximum Gasteiger partial charge on any atom is 0.243 e. The molecule has 7 aromatic carbocycles.